The smallest absolute Gasteiger partial charge is 0.267 e. The molecular formula is C23H21ClN2O6S. The number of carbonyl (C=O) groups is 1. The zero-order valence-corrected chi connectivity index (χ0v) is 19.4. The van der Waals surface area contributed by atoms with Crippen molar-refractivity contribution in [2.45, 2.75) is 11.0 Å². The van der Waals surface area contributed by atoms with Crippen molar-refractivity contribution >= 4 is 38.9 Å². The predicted molar refractivity (Wildman–Crippen MR) is 125 cm³/mol. The number of nitrogens with zero attached hydrogens (tertiary/aromatic N) is 1. The fourth-order valence-electron chi connectivity index (χ4n) is 3.43. The van der Waals surface area contributed by atoms with Crippen LogP contribution < -0.4 is 23.8 Å². The molecule has 1 amide bonds. The van der Waals surface area contributed by atoms with Crippen LogP contribution in [-0.4, -0.2) is 41.2 Å². The molecule has 3 aromatic rings. The largest absolute Gasteiger partial charge is 0.497 e. The van der Waals surface area contributed by atoms with E-state index < -0.39 is 22.0 Å². The van der Waals surface area contributed by atoms with E-state index in [1.165, 1.54) is 38.5 Å². The molecule has 1 aliphatic rings. The number of amides is 1. The predicted octanol–water partition coefficient (Wildman–Crippen LogP) is 3.95. The van der Waals surface area contributed by atoms with Gasteiger partial charge in [-0.25, -0.2) is 8.42 Å². The van der Waals surface area contributed by atoms with E-state index in [1.54, 1.807) is 42.5 Å². The minimum absolute atomic E-state index is 0.0893. The molecule has 1 aliphatic heterocycles. The van der Waals surface area contributed by atoms with Gasteiger partial charge in [0.15, 0.2) is 6.10 Å². The Morgan fingerprint density at radius 1 is 1.06 bits per heavy atom. The van der Waals surface area contributed by atoms with Crippen LogP contribution in [-0.2, 0) is 14.8 Å². The molecule has 1 heterocycles. The van der Waals surface area contributed by atoms with Crippen LogP contribution in [0.25, 0.3) is 0 Å². The lowest BCUT2D eigenvalue weighted by Crippen LogP contribution is -2.48. The quantitative estimate of drug-likeness (QED) is 0.564. The van der Waals surface area contributed by atoms with Crippen molar-refractivity contribution in [2.75, 3.05) is 30.4 Å². The van der Waals surface area contributed by atoms with Gasteiger partial charge >= 0.3 is 0 Å². The lowest BCUT2D eigenvalue weighted by atomic mass is 10.2. The molecule has 0 fully saturated rings. The van der Waals surface area contributed by atoms with Crippen LogP contribution in [0.1, 0.15) is 0 Å². The Kier molecular flexibility index (Phi) is 6.35. The van der Waals surface area contributed by atoms with E-state index in [-0.39, 0.29) is 22.9 Å². The summed E-state index contributed by atoms with van der Waals surface area (Å²) in [4.78, 5) is 13.2. The van der Waals surface area contributed by atoms with E-state index in [1.807, 2.05) is 0 Å². The number of nitrogens with one attached hydrogen (secondary N) is 1. The highest BCUT2D eigenvalue weighted by molar-refractivity contribution is 7.92. The summed E-state index contributed by atoms with van der Waals surface area (Å²) in [6, 6.07) is 17.5. The highest BCUT2D eigenvalue weighted by Gasteiger charge is 2.38. The first kappa shape index (κ1) is 22.8. The van der Waals surface area contributed by atoms with E-state index in [4.69, 9.17) is 25.8 Å². The summed E-state index contributed by atoms with van der Waals surface area (Å²) in [7, 11) is -1.00. The maximum atomic E-state index is 13.4. The van der Waals surface area contributed by atoms with Crippen molar-refractivity contribution in [2.24, 2.45) is 0 Å². The number of methoxy groups -OCH3 is 2. The molecule has 1 N–H and O–H groups in total. The molecule has 0 saturated carbocycles. The van der Waals surface area contributed by atoms with E-state index in [2.05, 4.69) is 5.32 Å². The molecule has 3 aromatic carbocycles. The molecule has 1 atom stereocenters. The summed E-state index contributed by atoms with van der Waals surface area (Å²) >= 11 is 6.12. The molecule has 0 saturated heterocycles. The first-order chi connectivity index (χ1) is 15.8. The van der Waals surface area contributed by atoms with Crippen molar-refractivity contribution in [3.63, 3.8) is 0 Å². The van der Waals surface area contributed by atoms with Crippen molar-refractivity contribution in [1.82, 2.24) is 0 Å². The minimum Gasteiger partial charge on any atom is -0.497 e. The second-order valence-electron chi connectivity index (χ2n) is 7.12. The molecule has 8 nitrogen and oxygen atoms in total. The SMILES string of the molecule is COc1ccc(OC)c(NC(=O)[C@H]2CN(S(=O)(=O)c3ccccc3)c3cc(Cl)ccc3O2)c1. The lowest BCUT2D eigenvalue weighted by Gasteiger charge is -2.35. The maximum Gasteiger partial charge on any atom is 0.267 e. The summed E-state index contributed by atoms with van der Waals surface area (Å²) < 4.78 is 44.4. The van der Waals surface area contributed by atoms with Gasteiger partial charge in [-0.15, -0.1) is 0 Å². The van der Waals surface area contributed by atoms with Crippen LogP contribution in [0.4, 0.5) is 11.4 Å². The normalized spacial score (nSPS) is 15.2. The van der Waals surface area contributed by atoms with Gasteiger partial charge in [0.2, 0.25) is 0 Å². The Morgan fingerprint density at radius 3 is 2.52 bits per heavy atom. The number of ether oxygens (including phenoxy) is 3. The lowest BCUT2D eigenvalue weighted by molar-refractivity contribution is -0.122. The van der Waals surface area contributed by atoms with Crippen LogP contribution >= 0.6 is 11.6 Å². The Labute approximate surface area is 196 Å². The highest BCUT2D eigenvalue weighted by Crippen LogP contribution is 2.39. The average Bonchev–Trinajstić information content (AvgIpc) is 2.83. The van der Waals surface area contributed by atoms with Gasteiger partial charge in [-0.3, -0.25) is 9.10 Å². The third-order valence-electron chi connectivity index (χ3n) is 5.08. The van der Waals surface area contributed by atoms with E-state index >= 15 is 0 Å². The Morgan fingerprint density at radius 2 is 1.82 bits per heavy atom. The van der Waals surface area contributed by atoms with Crippen molar-refractivity contribution in [1.29, 1.82) is 0 Å². The number of rotatable bonds is 6. The standard InChI is InChI=1S/C23H21ClN2O6S/c1-30-16-9-11-20(31-2)18(13-16)25-23(27)22-14-26(19-12-15(24)8-10-21(19)32-22)33(28,29)17-6-4-3-5-7-17/h3-13,22H,14H2,1-2H3,(H,25,27)/t22-/m1/s1. The number of sulfonamides is 1. The van der Waals surface area contributed by atoms with Crippen LogP contribution in [0.2, 0.25) is 5.02 Å². The third kappa shape index (κ3) is 4.55. The monoisotopic (exact) mass is 488 g/mol. The fraction of sp³-hybridized carbons (Fsp3) is 0.174. The molecule has 0 aliphatic carbocycles. The number of fused-ring (bicyclic) bond motifs is 1. The summed E-state index contributed by atoms with van der Waals surface area (Å²) in [5.41, 5.74) is 0.624. The number of carbonyl (C=O) groups excluding carboxylic acids is 1. The molecule has 0 spiro atoms. The number of hydrogen-bond donors (Lipinski definition) is 1. The number of halogens is 1. The summed E-state index contributed by atoms with van der Waals surface area (Å²) in [5, 5.41) is 3.09. The van der Waals surface area contributed by atoms with Gasteiger partial charge in [0, 0.05) is 11.1 Å². The maximum absolute atomic E-state index is 13.4. The summed E-state index contributed by atoms with van der Waals surface area (Å²) in [5.74, 6) is 0.614. The van der Waals surface area contributed by atoms with Gasteiger partial charge in [0.05, 0.1) is 37.0 Å². The van der Waals surface area contributed by atoms with E-state index in [0.717, 1.165) is 4.31 Å². The van der Waals surface area contributed by atoms with Gasteiger partial charge in [-0.05, 0) is 42.5 Å². The molecular weight excluding hydrogens is 468 g/mol. The Bertz CT molecular complexity index is 1280. The highest BCUT2D eigenvalue weighted by atomic mass is 35.5. The first-order valence-corrected chi connectivity index (χ1v) is 11.7. The zero-order valence-electron chi connectivity index (χ0n) is 17.8. The van der Waals surface area contributed by atoms with Crippen LogP contribution in [0, 0.1) is 0 Å². The van der Waals surface area contributed by atoms with E-state index in [0.29, 0.717) is 22.2 Å². The van der Waals surface area contributed by atoms with Gasteiger partial charge in [-0.1, -0.05) is 29.8 Å². The molecule has 33 heavy (non-hydrogen) atoms. The molecule has 4 rings (SSSR count). The van der Waals surface area contributed by atoms with Gasteiger partial charge in [0.1, 0.15) is 17.2 Å². The Hall–Kier alpha value is -3.43. The topological polar surface area (TPSA) is 94.2 Å². The number of benzene rings is 3. The first-order valence-electron chi connectivity index (χ1n) is 9.90. The van der Waals surface area contributed by atoms with Crippen LogP contribution in [0.15, 0.2) is 71.6 Å². The van der Waals surface area contributed by atoms with Crippen molar-refractivity contribution < 1.29 is 27.4 Å². The van der Waals surface area contributed by atoms with Gasteiger partial charge in [-0.2, -0.15) is 0 Å². The molecule has 10 heteroatoms. The van der Waals surface area contributed by atoms with Gasteiger partial charge in [0.25, 0.3) is 15.9 Å². The fourth-order valence-corrected chi connectivity index (χ4v) is 5.09. The zero-order chi connectivity index (χ0) is 23.6. The van der Waals surface area contributed by atoms with Gasteiger partial charge < -0.3 is 19.5 Å². The number of hydrogen-bond acceptors (Lipinski definition) is 6. The number of anilines is 2. The molecule has 0 radical (unpaired) electrons. The van der Waals surface area contributed by atoms with E-state index in [9.17, 15) is 13.2 Å². The second-order valence-corrected chi connectivity index (χ2v) is 9.42. The average molecular weight is 489 g/mol. The summed E-state index contributed by atoms with van der Waals surface area (Å²) in [6.45, 7) is -0.247. The molecule has 172 valence electrons. The van der Waals surface area contributed by atoms with Crippen LogP contribution in [0.3, 0.4) is 0 Å². The second kappa shape index (κ2) is 9.21. The molecule has 0 bridgehead atoms. The third-order valence-corrected chi connectivity index (χ3v) is 7.11. The van der Waals surface area contributed by atoms with Crippen LogP contribution in [0.5, 0.6) is 17.2 Å². The molecule has 0 unspecified atom stereocenters. The minimum atomic E-state index is -3.98. The summed E-state index contributed by atoms with van der Waals surface area (Å²) in [6.07, 6.45) is -1.13. The van der Waals surface area contributed by atoms with Crippen molar-refractivity contribution in [3.8, 4) is 17.2 Å². The van der Waals surface area contributed by atoms with Crippen molar-refractivity contribution in [3.05, 3.63) is 71.8 Å². The Balaban J connectivity index is 1.69. The molecule has 0 aromatic heterocycles.